The molecule has 1 saturated heterocycles. The fourth-order valence-electron chi connectivity index (χ4n) is 2.69. The van der Waals surface area contributed by atoms with Crippen LogP contribution in [-0.2, 0) is 16.0 Å². The molecule has 7 heteroatoms. The third-order valence-electron chi connectivity index (χ3n) is 4.18. The monoisotopic (exact) mass is 363 g/mol. The van der Waals surface area contributed by atoms with E-state index in [1.54, 1.807) is 11.8 Å². The number of aromatic nitrogens is 1. The molecule has 1 aromatic heterocycles. The normalized spacial score (nSPS) is 17.4. The molecule has 1 aliphatic rings. The van der Waals surface area contributed by atoms with Crippen molar-refractivity contribution in [3.63, 3.8) is 0 Å². The third kappa shape index (κ3) is 3.30. The van der Waals surface area contributed by atoms with Gasteiger partial charge in [-0.2, -0.15) is 4.37 Å². The summed E-state index contributed by atoms with van der Waals surface area (Å²) in [6, 6.07) is 7.88. The number of aryl methyl sites for hydroxylation is 2. The van der Waals surface area contributed by atoms with Gasteiger partial charge in [0.15, 0.2) is 0 Å². The lowest BCUT2D eigenvalue weighted by atomic mass is 10.1. The molecule has 1 atom stereocenters. The van der Waals surface area contributed by atoms with Gasteiger partial charge in [-0.05, 0) is 42.6 Å². The van der Waals surface area contributed by atoms with Crippen LogP contribution >= 0.6 is 23.1 Å². The Morgan fingerprint density at radius 1 is 1.42 bits per heavy atom. The number of amides is 2. The highest BCUT2D eigenvalue weighted by Crippen LogP contribution is 2.31. The van der Waals surface area contributed by atoms with Crippen molar-refractivity contribution in [3.8, 4) is 0 Å². The Balaban J connectivity index is 1.69. The van der Waals surface area contributed by atoms with Crippen LogP contribution in [0, 0.1) is 12.8 Å². The van der Waals surface area contributed by atoms with E-state index in [4.69, 9.17) is 11.6 Å². The summed E-state index contributed by atoms with van der Waals surface area (Å²) in [6.07, 6.45) is 1.16. The van der Waals surface area contributed by atoms with Crippen LogP contribution in [0.1, 0.15) is 24.6 Å². The lowest BCUT2D eigenvalue weighted by Crippen LogP contribution is -2.28. The van der Waals surface area contributed by atoms with E-state index in [2.05, 4.69) is 16.6 Å². The number of rotatable bonds is 4. The van der Waals surface area contributed by atoms with Gasteiger partial charge in [0.25, 0.3) is 0 Å². The number of carbonyl (C=O) groups excluding carboxylic acids is 2. The fourth-order valence-corrected chi connectivity index (χ4v) is 3.63. The summed E-state index contributed by atoms with van der Waals surface area (Å²) < 4.78 is 4.11. The molecule has 1 aromatic carbocycles. The van der Waals surface area contributed by atoms with Gasteiger partial charge in [-0.1, -0.05) is 30.7 Å². The number of halogens is 1. The van der Waals surface area contributed by atoms with Crippen molar-refractivity contribution in [3.05, 3.63) is 40.5 Å². The standard InChI is InChI=1S/C17H18ClN3O2S/c1-3-11-4-6-13(7-5-11)21-9-12(8-14(21)22)16(23)19-17-15(18)10(2)20-24-17/h4-7,12H,3,8-9H2,1-2H3,(H,19,23)/t12-/m1/s1. The number of benzene rings is 1. The Bertz CT molecular complexity index is 773. The maximum atomic E-state index is 12.4. The smallest absolute Gasteiger partial charge is 0.230 e. The summed E-state index contributed by atoms with van der Waals surface area (Å²) in [5.41, 5.74) is 2.74. The predicted octanol–water partition coefficient (Wildman–Crippen LogP) is 3.66. The van der Waals surface area contributed by atoms with Gasteiger partial charge in [0.05, 0.1) is 16.6 Å². The van der Waals surface area contributed by atoms with E-state index in [1.807, 2.05) is 24.3 Å². The van der Waals surface area contributed by atoms with E-state index in [-0.39, 0.29) is 24.2 Å². The van der Waals surface area contributed by atoms with Crippen LogP contribution in [-0.4, -0.2) is 22.7 Å². The van der Waals surface area contributed by atoms with Crippen molar-refractivity contribution in [2.45, 2.75) is 26.7 Å². The second kappa shape index (κ2) is 6.91. The molecule has 0 bridgehead atoms. The Morgan fingerprint density at radius 2 is 2.12 bits per heavy atom. The molecule has 3 rings (SSSR count). The van der Waals surface area contributed by atoms with Crippen LogP contribution in [0.2, 0.25) is 5.02 Å². The highest BCUT2D eigenvalue weighted by molar-refractivity contribution is 7.11. The zero-order chi connectivity index (χ0) is 17.3. The second-order valence-corrected chi connectivity index (χ2v) is 6.98. The van der Waals surface area contributed by atoms with Crippen molar-refractivity contribution >= 4 is 45.6 Å². The van der Waals surface area contributed by atoms with E-state index in [1.165, 1.54) is 5.56 Å². The molecule has 0 saturated carbocycles. The molecule has 126 valence electrons. The average molecular weight is 364 g/mol. The first-order valence-electron chi connectivity index (χ1n) is 7.81. The average Bonchev–Trinajstić information content (AvgIpc) is 3.12. The summed E-state index contributed by atoms with van der Waals surface area (Å²) in [5.74, 6) is -0.616. The molecule has 0 spiro atoms. The van der Waals surface area contributed by atoms with Gasteiger partial charge in [-0.15, -0.1) is 0 Å². The summed E-state index contributed by atoms with van der Waals surface area (Å²) in [4.78, 5) is 26.4. The van der Waals surface area contributed by atoms with Gasteiger partial charge in [0.2, 0.25) is 11.8 Å². The van der Waals surface area contributed by atoms with Crippen molar-refractivity contribution in [2.75, 3.05) is 16.8 Å². The van der Waals surface area contributed by atoms with E-state index < -0.39 is 0 Å². The maximum absolute atomic E-state index is 12.4. The first-order valence-corrected chi connectivity index (χ1v) is 8.96. The lowest BCUT2D eigenvalue weighted by molar-refractivity contribution is -0.122. The summed E-state index contributed by atoms with van der Waals surface area (Å²) in [6.45, 7) is 4.25. The van der Waals surface area contributed by atoms with Gasteiger partial charge in [-0.25, -0.2) is 0 Å². The Labute approximate surface area is 149 Å². The molecular formula is C17H18ClN3O2S. The summed E-state index contributed by atoms with van der Waals surface area (Å²) >= 11 is 7.25. The first kappa shape index (κ1) is 16.9. The highest BCUT2D eigenvalue weighted by Gasteiger charge is 2.35. The minimum atomic E-state index is -0.387. The number of nitrogens with one attached hydrogen (secondary N) is 1. The van der Waals surface area contributed by atoms with Crippen LogP contribution in [0.25, 0.3) is 0 Å². The second-order valence-electron chi connectivity index (χ2n) is 5.83. The molecule has 0 aliphatic carbocycles. The molecule has 1 N–H and O–H groups in total. The molecule has 1 fully saturated rings. The largest absolute Gasteiger partial charge is 0.315 e. The van der Waals surface area contributed by atoms with Crippen molar-refractivity contribution in [1.82, 2.24) is 4.37 Å². The van der Waals surface area contributed by atoms with Crippen LogP contribution in [0.4, 0.5) is 10.7 Å². The van der Waals surface area contributed by atoms with E-state index in [0.29, 0.717) is 22.3 Å². The number of hydrogen-bond acceptors (Lipinski definition) is 4. The molecule has 24 heavy (non-hydrogen) atoms. The highest BCUT2D eigenvalue weighted by atomic mass is 35.5. The Morgan fingerprint density at radius 3 is 2.71 bits per heavy atom. The van der Waals surface area contributed by atoms with Crippen molar-refractivity contribution in [2.24, 2.45) is 5.92 Å². The molecule has 5 nitrogen and oxygen atoms in total. The lowest BCUT2D eigenvalue weighted by Gasteiger charge is -2.17. The first-order chi connectivity index (χ1) is 11.5. The van der Waals surface area contributed by atoms with E-state index in [0.717, 1.165) is 23.6 Å². The van der Waals surface area contributed by atoms with E-state index in [9.17, 15) is 9.59 Å². The fraction of sp³-hybridized carbons (Fsp3) is 0.353. The molecule has 1 aliphatic heterocycles. The minimum absolute atomic E-state index is 0.0361. The maximum Gasteiger partial charge on any atom is 0.230 e. The van der Waals surface area contributed by atoms with Gasteiger partial charge < -0.3 is 10.2 Å². The molecular weight excluding hydrogens is 346 g/mol. The third-order valence-corrected chi connectivity index (χ3v) is 5.61. The molecule has 2 heterocycles. The van der Waals surface area contributed by atoms with Crippen LogP contribution in [0.3, 0.4) is 0 Å². The minimum Gasteiger partial charge on any atom is -0.315 e. The zero-order valence-electron chi connectivity index (χ0n) is 13.5. The van der Waals surface area contributed by atoms with Gasteiger partial charge in [0, 0.05) is 18.7 Å². The Kier molecular flexibility index (Phi) is 4.87. The number of nitrogens with zero attached hydrogens (tertiary/aromatic N) is 2. The van der Waals surface area contributed by atoms with Crippen molar-refractivity contribution < 1.29 is 9.59 Å². The van der Waals surface area contributed by atoms with Crippen LogP contribution in [0.5, 0.6) is 0 Å². The van der Waals surface area contributed by atoms with Crippen LogP contribution in [0.15, 0.2) is 24.3 Å². The summed E-state index contributed by atoms with van der Waals surface area (Å²) in [7, 11) is 0. The van der Waals surface area contributed by atoms with Crippen LogP contribution < -0.4 is 10.2 Å². The quantitative estimate of drug-likeness (QED) is 0.901. The SMILES string of the molecule is CCc1ccc(N2C[C@H](C(=O)Nc3snc(C)c3Cl)CC2=O)cc1. The number of carbonyl (C=O) groups is 2. The van der Waals surface area contributed by atoms with Gasteiger partial charge >= 0.3 is 0 Å². The molecule has 0 radical (unpaired) electrons. The van der Waals surface area contributed by atoms with Gasteiger partial charge in [-0.3, -0.25) is 9.59 Å². The molecule has 0 unspecified atom stereocenters. The molecule has 2 aromatic rings. The topological polar surface area (TPSA) is 62.3 Å². The number of hydrogen-bond donors (Lipinski definition) is 1. The van der Waals surface area contributed by atoms with E-state index >= 15 is 0 Å². The number of anilines is 2. The predicted molar refractivity (Wildman–Crippen MR) is 96.8 cm³/mol. The van der Waals surface area contributed by atoms with Crippen molar-refractivity contribution in [1.29, 1.82) is 0 Å². The Hall–Kier alpha value is -1.92. The molecule has 2 amide bonds. The summed E-state index contributed by atoms with van der Waals surface area (Å²) in [5, 5.41) is 3.79. The van der Waals surface area contributed by atoms with Gasteiger partial charge in [0.1, 0.15) is 5.00 Å². The zero-order valence-corrected chi connectivity index (χ0v) is 15.1.